The molecule has 4 aromatic heterocycles. The van der Waals surface area contributed by atoms with E-state index in [4.69, 9.17) is 0 Å². The lowest BCUT2D eigenvalue weighted by Gasteiger charge is -2.18. The number of rotatable bonds is 14. The van der Waals surface area contributed by atoms with Crippen LogP contribution < -0.4 is 9.00 Å². The van der Waals surface area contributed by atoms with Crippen molar-refractivity contribution in [2.45, 2.75) is 91.1 Å². The second-order valence-corrected chi connectivity index (χ2v) is 19.7. The molecule has 0 amide bonds. The van der Waals surface area contributed by atoms with Crippen LogP contribution in [0.2, 0.25) is 13.1 Å². The standard InChI is InChI=1S/C30H40S4Si/c1-5-7-9-11-13-23-15-17-25(31-23)27-19-21-29(33-27)35(3,4)30-22-20-28(34-30)26-18-16-24(32-26)14-12-10-8-6-2/h15-22H,5-14H2,1-4H3. The van der Waals surface area contributed by atoms with Crippen molar-refractivity contribution in [3.63, 3.8) is 0 Å². The van der Waals surface area contributed by atoms with Crippen LogP contribution in [0.4, 0.5) is 0 Å². The Morgan fingerprint density at radius 3 is 1.31 bits per heavy atom. The van der Waals surface area contributed by atoms with Gasteiger partial charge < -0.3 is 0 Å². The van der Waals surface area contributed by atoms with E-state index in [9.17, 15) is 0 Å². The summed E-state index contributed by atoms with van der Waals surface area (Å²) in [6.07, 6.45) is 13.2. The van der Waals surface area contributed by atoms with Crippen LogP contribution in [0, 0.1) is 0 Å². The molecule has 0 aliphatic carbocycles. The van der Waals surface area contributed by atoms with Gasteiger partial charge in [-0.25, -0.2) is 0 Å². The molecule has 0 atom stereocenters. The van der Waals surface area contributed by atoms with Crippen LogP contribution in [0.25, 0.3) is 19.5 Å². The Labute approximate surface area is 230 Å². The minimum atomic E-state index is -1.68. The third-order valence-corrected chi connectivity index (χ3v) is 17.8. The van der Waals surface area contributed by atoms with Crippen molar-refractivity contribution in [3.8, 4) is 19.5 Å². The third-order valence-electron chi connectivity index (χ3n) is 6.81. The van der Waals surface area contributed by atoms with E-state index in [1.807, 2.05) is 45.3 Å². The number of unbranched alkanes of at least 4 members (excludes halogenated alkanes) is 6. The third kappa shape index (κ3) is 7.07. The van der Waals surface area contributed by atoms with Crippen LogP contribution in [-0.4, -0.2) is 8.07 Å². The SMILES string of the molecule is CCCCCCc1ccc(-c2ccc([Si](C)(C)c3ccc(-c4ccc(CCCCCC)s4)s3)s2)s1. The van der Waals surface area contributed by atoms with Crippen molar-refractivity contribution in [2.75, 3.05) is 0 Å². The Morgan fingerprint density at radius 2 is 0.886 bits per heavy atom. The molecule has 4 aromatic rings. The minimum Gasteiger partial charge on any atom is -0.144 e. The summed E-state index contributed by atoms with van der Waals surface area (Å²) in [5.74, 6) is 0. The topological polar surface area (TPSA) is 0 Å². The largest absolute Gasteiger partial charge is 0.144 e. The number of hydrogen-bond acceptors (Lipinski definition) is 4. The van der Waals surface area contributed by atoms with Crippen molar-refractivity contribution in [2.24, 2.45) is 0 Å². The fourth-order valence-corrected chi connectivity index (χ4v) is 13.1. The summed E-state index contributed by atoms with van der Waals surface area (Å²) in [6.45, 7) is 9.63. The highest BCUT2D eigenvalue weighted by atomic mass is 32.1. The smallest absolute Gasteiger partial charge is 0.137 e. The predicted molar refractivity (Wildman–Crippen MR) is 168 cm³/mol. The van der Waals surface area contributed by atoms with Gasteiger partial charge in [-0.05, 0) is 71.1 Å². The maximum Gasteiger partial charge on any atom is 0.137 e. The van der Waals surface area contributed by atoms with E-state index in [0.29, 0.717) is 0 Å². The Balaban J connectivity index is 1.41. The van der Waals surface area contributed by atoms with E-state index in [2.05, 4.69) is 75.5 Å². The lowest BCUT2D eigenvalue weighted by atomic mass is 10.1. The Bertz CT molecular complexity index is 1080. The van der Waals surface area contributed by atoms with E-state index < -0.39 is 8.07 Å². The molecule has 0 N–H and O–H groups in total. The summed E-state index contributed by atoms with van der Waals surface area (Å²) in [5.41, 5.74) is 0. The maximum absolute atomic E-state index is 2.53. The Hall–Kier alpha value is -0.983. The van der Waals surface area contributed by atoms with Gasteiger partial charge in [0.1, 0.15) is 8.07 Å². The summed E-state index contributed by atoms with van der Waals surface area (Å²) in [7, 11) is -1.68. The molecular formula is C30H40S4Si. The summed E-state index contributed by atoms with van der Waals surface area (Å²) < 4.78 is 3.20. The first-order chi connectivity index (χ1) is 17.0. The molecule has 0 spiro atoms. The highest BCUT2D eigenvalue weighted by Gasteiger charge is 2.30. The van der Waals surface area contributed by atoms with Crippen molar-refractivity contribution < 1.29 is 0 Å². The van der Waals surface area contributed by atoms with Crippen LogP contribution in [0.1, 0.15) is 75.0 Å². The Morgan fingerprint density at radius 1 is 0.486 bits per heavy atom. The normalized spacial score (nSPS) is 12.0. The summed E-state index contributed by atoms with van der Waals surface area (Å²) in [6, 6.07) is 19.0. The van der Waals surface area contributed by atoms with Crippen molar-refractivity contribution in [1.29, 1.82) is 0 Å². The molecule has 4 heterocycles. The van der Waals surface area contributed by atoms with Gasteiger partial charge in [0.15, 0.2) is 0 Å². The van der Waals surface area contributed by atoms with E-state index in [1.165, 1.54) is 83.7 Å². The number of aryl methyl sites for hydroxylation is 2. The molecular weight excluding hydrogens is 517 g/mol. The Kier molecular flexibility index (Phi) is 10.1. The van der Waals surface area contributed by atoms with Crippen LogP contribution in [0.3, 0.4) is 0 Å². The van der Waals surface area contributed by atoms with Gasteiger partial charge in [0.2, 0.25) is 0 Å². The molecule has 0 aliphatic rings. The molecule has 0 bridgehead atoms. The van der Waals surface area contributed by atoms with E-state index in [0.717, 1.165) is 0 Å². The highest BCUT2D eigenvalue weighted by molar-refractivity contribution is 7.39. The monoisotopic (exact) mass is 556 g/mol. The molecule has 0 radical (unpaired) electrons. The van der Waals surface area contributed by atoms with Crippen LogP contribution in [0.5, 0.6) is 0 Å². The van der Waals surface area contributed by atoms with Gasteiger partial charge in [0.25, 0.3) is 0 Å². The minimum absolute atomic E-state index is 1.24. The van der Waals surface area contributed by atoms with E-state index in [1.54, 1.807) is 18.8 Å². The first kappa shape index (κ1) is 27.1. The first-order valence-corrected chi connectivity index (χ1v) is 19.7. The van der Waals surface area contributed by atoms with Gasteiger partial charge in [-0.2, -0.15) is 0 Å². The van der Waals surface area contributed by atoms with Crippen molar-refractivity contribution >= 4 is 62.4 Å². The predicted octanol–water partition coefficient (Wildman–Crippen LogP) is 10.3. The quantitative estimate of drug-likeness (QED) is 0.107. The zero-order valence-electron chi connectivity index (χ0n) is 21.8. The number of hydrogen-bond donors (Lipinski definition) is 0. The van der Waals surface area contributed by atoms with Crippen LogP contribution in [-0.2, 0) is 12.8 Å². The molecule has 4 rings (SSSR count). The van der Waals surface area contributed by atoms with Crippen LogP contribution in [0.15, 0.2) is 48.5 Å². The second-order valence-electron chi connectivity index (χ2n) is 10.1. The number of thiophene rings is 4. The highest BCUT2D eigenvalue weighted by Crippen LogP contribution is 2.35. The first-order valence-electron chi connectivity index (χ1n) is 13.4. The van der Waals surface area contributed by atoms with Gasteiger partial charge in [0, 0.05) is 29.3 Å². The summed E-state index contributed by atoms with van der Waals surface area (Å²) in [5, 5.41) is 0. The molecule has 0 unspecified atom stereocenters. The fourth-order valence-electron chi connectivity index (χ4n) is 4.48. The molecule has 0 aromatic carbocycles. The molecule has 0 nitrogen and oxygen atoms in total. The summed E-state index contributed by atoms with van der Waals surface area (Å²) in [4.78, 5) is 8.90. The lowest BCUT2D eigenvalue weighted by molar-refractivity contribution is 0.670. The average molecular weight is 557 g/mol. The fraction of sp³-hybridized carbons (Fsp3) is 0.467. The second kappa shape index (κ2) is 13.0. The van der Waals surface area contributed by atoms with Gasteiger partial charge in [0.05, 0.1) is 0 Å². The van der Waals surface area contributed by atoms with Crippen molar-refractivity contribution in [3.05, 3.63) is 58.3 Å². The molecule has 35 heavy (non-hydrogen) atoms. The van der Waals surface area contributed by atoms with E-state index in [-0.39, 0.29) is 0 Å². The zero-order valence-corrected chi connectivity index (χ0v) is 26.1. The van der Waals surface area contributed by atoms with Crippen molar-refractivity contribution in [1.82, 2.24) is 0 Å². The molecule has 0 aliphatic heterocycles. The molecule has 0 fully saturated rings. The van der Waals surface area contributed by atoms with Gasteiger partial charge >= 0.3 is 0 Å². The molecule has 0 saturated carbocycles. The maximum atomic E-state index is 2.53. The lowest BCUT2D eigenvalue weighted by Crippen LogP contribution is -2.49. The van der Waals surface area contributed by atoms with Gasteiger partial charge in [-0.15, -0.1) is 45.3 Å². The zero-order chi connectivity index (χ0) is 24.7. The molecule has 0 saturated heterocycles. The summed E-state index contributed by atoms with van der Waals surface area (Å²) >= 11 is 8.08. The molecule has 5 heteroatoms. The van der Waals surface area contributed by atoms with E-state index >= 15 is 0 Å². The van der Waals surface area contributed by atoms with Crippen LogP contribution >= 0.6 is 45.3 Å². The molecule has 188 valence electrons. The van der Waals surface area contributed by atoms with Gasteiger partial charge in [-0.3, -0.25) is 0 Å². The average Bonchev–Trinajstić information content (AvgIpc) is 3.65. The van der Waals surface area contributed by atoms with Gasteiger partial charge in [-0.1, -0.05) is 77.6 Å².